The van der Waals surface area contributed by atoms with Gasteiger partial charge in [-0.3, -0.25) is 4.79 Å². The van der Waals surface area contributed by atoms with Crippen LogP contribution in [-0.4, -0.2) is 33.2 Å². The normalized spacial score (nSPS) is 15.4. The van der Waals surface area contributed by atoms with Gasteiger partial charge in [0.15, 0.2) is 11.5 Å². The molecule has 1 heterocycles. The lowest BCUT2D eigenvalue weighted by Crippen LogP contribution is -2.51. The second-order valence-electron chi connectivity index (χ2n) is 4.81. The monoisotopic (exact) mass is 318 g/mol. The van der Waals surface area contributed by atoms with Crippen molar-refractivity contribution in [3.8, 4) is 11.5 Å². The van der Waals surface area contributed by atoms with Gasteiger partial charge in [0, 0.05) is 24.7 Å². The maximum absolute atomic E-state index is 14.1. The summed E-state index contributed by atoms with van der Waals surface area (Å²) in [5.41, 5.74) is 0.378. The first kappa shape index (κ1) is 17.5. The van der Waals surface area contributed by atoms with Crippen LogP contribution in [0.3, 0.4) is 0 Å². The Labute approximate surface area is 129 Å². The zero-order valence-electron chi connectivity index (χ0n) is 12.2. The molecule has 1 aliphatic rings. The van der Waals surface area contributed by atoms with Crippen molar-refractivity contribution < 1.29 is 18.7 Å². The fourth-order valence-electron chi connectivity index (χ4n) is 2.08. The lowest BCUT2D eigenvalue weighted by atomic mass is 10.0. The van der Waals surface area contributed by atoms with Crippen LogP contribution < -0.4 is 20.1 Å². The van der Waals surface area contributed by atoms with E-state index in [0.717, 1.165) is 0 Å². The van der Waals surface area contributed by atoms with Crippen molar-refractivity contribution in [2.45, 2.75) is 13.0 Å². The second-order valence-corrected chi connectivity index (χ2v) is 4.81. The molecule has 1 atom stereocenters. The maximum atomic E-state index is 14.1. The number of nitrogens with one attached hydrogen (secondary N) is 2. The number of hydrogen-bond acceptors (Lipinski definition) is 4. The molecule has 2 N–H and O–H groups in total. The van der Waals surface area contributed by atoms with Crippen LogP contribution in [0.5, 0.6) is 11.5 Å². The topological polar surface area (TPSA) is 59.6 Å². The summed E-state index contributed by atoms with van der Waals surface area (Å²) >= 11 is 0. The third kappa shape index (κ3) is 3.77. The molecular formula is C14H20ClFN2O3. The molecule has 0 aliphatic carbocycles. The number of hydrogen-bond donors (Lipinski definition) is 2. The SMILES string of the molecule is COc1cc(F)c(C(C)NC(=O)C2CNC2)cc1OC.Cl. The van der Waals surface area contributed by atoms with Gasteiger partial charge in [0.2, 0.25) is 5.91 Å². The van der Waals surface area contributed by atoms with Crippen molar-refractivity contribution in [3.05, 3.63) is 23.5 Å². The standard InChI is InChI=1S/C14H19FN2O3.ClH/c1-8(17-14(18)9-6-16-7-9)10-4-12(19-2)13(20-3)5-11(10)15;/h4-5,8-9,16H,6-7H2,1-3H3,(H,17,18);1H. The summed E-state index contributed by atoms with van der Waals surface area (Å²) in [5, 5.41) is 5.84. The van der Waals surface area contributed by atoms with Crippen molar-refractivity contribution in [3.63, 3.8) is 0 Å². The maximum Gasteiger partial charge on any atom is 0.226 e. The van der Waals surface area contributed by atoms with Gasteiger partial charge in [-0.05, 0) is 13.0 Å². The van der Waals surface area contributed by atoms with Crippen LogP contribution in [0, 0.1) is 11.7 Å². The van der Waals surface area contributed by atoms with Gasteiger partial charge in [0.25, 0.3) is 0 Å². The van der Waals surface area contributed by atoms with E-state index in [4.69, 9.17) is 9.47 Å². The predicted octanol–water partition coefficient (Wildman–Crippen LogP) is 1.66. The minimum Gasteiger partial charge on any atom is -0.493 e. The van der Waals surface area contributed by atoms with Gasteiger partial charge < -0.3 is 20.1 Å². The summed E-state index contributed by atoms with van der Waals surface area (Å²) < 4.78 is 24.2. The molecule has 1 aliphatic heterocycles. The molecule has 0 bridgehead atoms. The molecule has 1 aromatic rings. The molecule has 21 heavy (non-hydrogen) atoms. The van der Waals surface area contributed by atoms with Gasteiger partial charge in [-0.15, -0.1) is 12.4 Å². The molecule has 2 rings (SSSR count). The van der Waals surface area contributed by atoms with E-state index in [1.54, 1.807) is 13.0 Å². The number of ether oxygens (including phenoxy) is 2. The van der Waals surface area contributed by atoms with E-state index in [9.17, 15) is 9.18 Å². The van der Waals surface area contributed by atoms with Crippen molar-refractivity contribution in [1.29, 1.82) is 0 Å². The van der Waals surface area contributed by atoms with Gasteiger partial charge in [-0.25, -0.2) is 4.39 Å². The summed E-state index contributed by atoms with van der Waals surface area (Å²) in [6.45, 7) is 3.09. The highest BCUT2D eigenvalue weighted by atomic mass is 35.5. The number of halogens is 2. The van der Waals surface area contributed by atoms with E-state index >= 15 is 0 Å². The number of carbonyl (C=O) groups excluding carboxylic acids is 1. The van der Waals surface area contributed by atoms with E-state index in [1.807, 2.05) is 0 Å². The van der Waals surface area contributed by atoms with Gasteiger partial charge in [-0.2, -0.15) is 0 Å². The molecule has 0 aromatic heterocycles. The Balaban J connectivity index is 0.00000220. The van der Waals surface area contributed by atoms with Gasteiger partial charge in [-0.1, -0.05) is 0 Å². The number of carbonyl (C=O) groups is 1. The number of amides is 1. The Kier molecular flexibility index (Phi) is 6.23. The van der Waals surface area contributed by atoms with Crippen molar-refractivity contribution >= 4 is 18.3 Å². The molecule has 0 radical (unpaired) electrons. The van der Waals surface area contributed by atoms with Crippen LogP contribution in [0.1, 0.15) is 18.5 Å². The summed E-state index contributed by atoms with van der Waals surface area (Å²) in [6.07, 6.45) is 0. The second kappa shape index (κ2) is 7.47. The van der Waals surface area contributed by atoms with Crippen molar-refractivity contribution in [1.82, 2.24) is 10.6 Å². The molecule has 1 amide bonds. The summed E-state index contributed by atoms with van der Waals surface area (Å²) in [4.78, 5) is 11.9. The average Bonchev–Trinajstić information content (AvgIpc) is 2.35. The Morgan fingerprint density at radius 3 is 2.38 bits per heavy atom. The van der Waals surface area contributed by atoms with E-state index in [0.29, 0.717) is 30.2 Å². The molecular weight excluding hydrogens is 299 g/mol. The molecule has 1 aromatic carbocycles. The zero-order valence-corrected chi connectivity index (χ0v) is 13.1. The summed E-state index contributed by atoms with van der Waals surface area (Å²) in [5.74, 6) is 0.249. The van der Waals surface area contributed by atoms with Crippen LogP contribution in [0.25, 0.3) is 0 Å². The van der Waals surface area contributed by atoms with E-state index < -0.39 is 11.9 Å². The Morgan fingerprint density at radius 1 is 1.33 bits per heavy atom. The molecule has 7 heteroatoms. The molecule has 1 unspecified atom stereocenters. The molecule has 0 saturated carbocycles. The minimum atomic E-state index is -0.429. The van der Waals surface area contributed by atoms with Gasteiger partial charge in [0.05, 0.1) is 26.2 Å². The third-order valence-corrected chi connectivity index (χ3v) is 3.48. The van der Waals surface area contributed by atoms with Crippen LogP contribution in [-0.2, 0) is 4.79 Å². The Bertz CT molecular complexity index is 509. The van der Waals surface area contributed by atoms with Crippen LogP contribution in [0.4, 0.5) is 4.39 Å². The fraction of sp³-hybridized carbons (Fsp3) is 0.500. The highest BCUT2D eigenvalue weighted by Crippen LogP contribution is 2.32. The first-order valence-electron chi connectivity index (χ1n) is 6.49. The van der Waals surface area contributed by atoms with E-state index in [-0.39, 0.29) is 24.2 Å². The number of methoxy groups -OCH3 is 2. The first-order chi connectivity index (χ1) is 9.56. The summed E-state index contributed by atoms with van der Waals surface area (Å²) in [7, 11) is 2.94. The van der Waals surface area contributed by atoms with Crippen LogP contribution in [0.2, 0.25) is 0 Å². The van der Waals surface area contributed by atoms with Crippen molar-refractivity contribution in [2.75, 3.05) is 27.3 Å². The first-order valence-corrected chi connectivity index (χ1v) is 6.49. The fourth-order valence-corrected chi connectivity index (χ4v) is 2.08. The van der Waals surface area contributed by atoms with E-state index in [2.05, 4.69) is 10.6 Å². The molecule has 1 fully saturated rings. The van der Waals surface area contributed by atoms with Crippen molar-refractivity contribution in [2.24, 2.45) is 5.92 Å². The predicted molar refractivity (Wildman–Crippen MR) is 79.7 cm³/mol. The Hall–Kier alpha value is -1.53. The zero-order chi connectivity index (χ0) is 14.7. The Morgan fingerprint density at radius 2 is 1.90 bits per heavy atom. The van der Waals surface area contributed by atoms with E-state index in [1.165, 1.54) is 20.3 Å². The van der Waals surface area contributed by atoms with Gasteiger partial charge in [0.1, 0.15) is 5.82 Å². The number of benzene rings is 1. The summed E-state index contributed by atoms with van der Waals surface area (Å²) in [6, 6.07) is 2.39. The molecule has 5 nitrogen and oxygen atoms in total. The van der Waals surface area contributed by atoms with Crippen LogP contribution in [0.15, 0.2) is 12.1 Å². The minimum absolute atomic E-state index is 0. The smallest absolute Gasteiger partial charge is 0.226 e. The highest BCUT2D eigenvalue weighted by Gasteiger charge is 2.27. The van der Waals surface area contributed by atoms with Crippen LogP contribution >= 0.6 is 12.4 Å². The molecule has 0 spiro atoms. The average molecular weight is 319 g/mol. The molecule has 118 valence electrons. The lowest BCUT2D eigenvalue weighted by molar-refractivity contribution is -0.127. The highest BCUT2D eigenvalue weighted by molar-refractivity contribution is 5.85. The molecule has 1 saturated heterocycles. The largest absolute Gasteiger partial charge is 0.493 e. The quantitative estimate of drug-likeness (QED) is 0.867. The van der Waals surface area contributed by atoms with Gasteiger partial charge >= 0.3 is 0 Å². The lowest BCUT2D eigenvalue weighted by Gasteiger charge is -2.27. The third-order valence-electron chi connectivity index (χ3n) is 3.48. The number of rotatable bonds is 5.